The summed E-state index contributed by atoms with van der Waals surface area (Å²) in [5, 5.41) is 0. The van der Waals surface area contributed by atoms with Crippen LogP contribution in [0.15, 0.2) is 0 Å². The van der Waals surface area contributed by atoms with Gasteiger partial charge >= 0.3 is 0 Å². The van der Waals surface area contributed by atoms with E-state index in [4.69, 9.17) is 0 Å². The van der Waals surface area contributed by atoms with Crippen LogP contribution in [-0.4, -0.2) is 0 Å². The van der Waals surface area contributed by atoms with Crippen LogP contribution >= 0.6 is 0 Å². The first kappa shape index (κ1) is 11.0. The van der Waals surface area contributed by atoms with Crippen LogP contribution in [0.4, 0.5) is 0 Å². The van der Waals surface area contributed by atoms with Crippen molar-refractivity contribution in [3.05, 3.63) is 6.92 Å². The van der Waals surface area contributed by atoms with Gasteiger partial charge < -0.3 is 0 Å². The van der Waals surface area contributed by atoms with Gasteiger partial charge in [-0.25, -0.2) is 0 Å². The van der Waals surface area contributed by atoms with Crippen molar-refractivity contribution >= 4 is 0 Å². The van der Waals surface area contributed by atoms with E-state index in [0.29, 0.717) is 0 Å². The predicted octanol–water partition coefficient (Wildman–Crippen LogP) is 4.21. The Balaban J connectivity index is 2.97. The van der Waals surface area contributed by atoms with E-state index in [2.05, 4.69) is 20.8 Å². The Morgan fingerprint density at radius 3 is 2.36 bits per heavy atom. The van der Waals surface area contributed by atoms with Gasteiger partial charge in [0, 0.05) is 0 Å². The lowest BCUT2D eigenvalue weighted by Crippen LogP contribution is -1.93. The molecule has 0 N–H and O–H groups in total. The first-order chi connectivity index (χ1) is 5.31. The summed E-state index contributed by atoms with van der Waals surface area (Å²) in [6.07, 6.45) is 9.45. The molecule has 0 aromatic carbocycles. The zero-order valence-electron chi connectivity index (χ0n) is 8.23. The molecule has 0 bridgehead atoms. The fourth-order valence-electron chi connectivity index (χ4n) is 1.41. The summed E-state index contributed by atoms with van der Waals surface area (Å²) < 4.78 is 0. The maximum absolute atomic E-state index is 3.87. The van der Waals surface area contributed by atoms with Gasteiger partial charge in [-0.2, -0.15) is 0 Å². The summed E-state index contributed by atoms with van der Waals surface area (Å²) >= 11 is 0. The fourth-order valence-corrected chi connectivity index (χ4v) is 1.41. The van der Waals surface area contributed by atoms with Crippen molar-refractivity contribution in [1.82, 2.24) is 0 Å². The zero-order valence-corrected chi connectivity index (χ0v) is 8.23. The van der Waals surface area contributed by atoms with Crippen molar-refractivity contribution in [2.75, 3.05) is 0 Å². The summed E-state index contributed by atoms with van der Waals surface area (Å²) in [6, 6.07) is 0. The van der Waals surface area contributed by atoms with Crippen LogP contribution in [0.3, 0.4) is 0 Å². The van der Waals surface area contributed by atoms with Crippen LogP contribution in [0, 0.1) is 12.8 Å². The fraction of sp³-hybridized carbons (Fsp3) is 0.909. The Hall–Kier alpha value is 0. The van der Waals surface area contributed by atoms with Gasteiger partial charge in [0.05, 0.1) is 0 Å². The van der Waals surface area contributed by atoms with E-state index >= 15 is 0 Å². The maximum Gasteiger partial charge on any atom is -0.0443 e. The Labute approximate surface area is 72.4 Å². The minimum Gasteiger partial charge on any atom is -0.0654 e. The molecule has 0 heteroatoms. The summed E-state index contributed by atoms with van der Waals surface area (Å²) in [7, 11) is 0. The van der Waals surface area contributed by atoms with Gasteiger partial charge in [-0.15, -0.1) is 0 Å². The SMILES string of the molecule is [CH2]CCC(C)CCCCCC. The van der Waals surface area contributed by atoms with Gasteiger partial charge in [0.2, 0.25) is 0 Å². The van der Waals surface area contributed by atoms with Gasteiger partial charge in [0.15, 0.2) is 0 Å². The molecule has 67 valence electrons. The Morgan fingerprint density at radius 1 is 1.09 bits per heavy atom. The standard InChI is InChI=1S/C11H23/c1-4-6-7-8-10-11(3)9-5-2/h11H,2,4-10H2,1,3H3. The molecule has 0 spiro atoms. The van der Waals surface area contributed by atoms with Gasteiger partial charge in [-0.05, 0) is 5.92 Å². The van der Waals surface area contributed by atoms with Crippen molar-refractivity contribution in [1.29, 1.82) is 0 Å². The molecular formula is C11H23. The smallest absolute Gasteiger partial charge is 0.0443 e. The molecule has 1 unspecified atom stereocenters. The molecular weight excluding hydrogens is 132 g/mol. The first-order valence-electron chi connectivity index (χ1n) is 5.10. The van der Waals surface area contributed by atoms with Crippen molar-refractivity contribution in [2.24, 2.45) is 5.92 Å². The molecule has 0 nitrogen and oxygen atoms in total. The highest BCUT2D eigenvalue weighted by atomic mass is 14.0. The molecule has 0 saturated heterocycles. The second-order valence-corrected chi connectivity index (χ2v) is 3.60. The number of rotatable bonds is 7. The summed E-state index contributed by atoms with van der Waals surface area (Å²) in [6.45, 7) is 8.48. The lowest BCUT2D eigenvalue weighted by molar-refractivity contribution is 0.462. The largest absolute Gasteiger partial charge is 0.0654 e. The van der Waals surface area contributed by atoms with Crippen molar-refractivity contribution in [3.8, 4) is 0 Å². The third kappa shape index (κ3) is 7.90. The molecule has 0 aliphatic carbocycles. The predicted molar refractivity (Wildman–Crippen MR) is 52.5 cm³/mol. The zero-order chi connectivity index (χ0) is 8.53. The van der Waals surface area contributed by atoms with Crippen LogP contribution < -0.4 is 0 Å². The minimum absolute atomic E-state index is 0.907. The van der Waals surface area contributed by atoms with Crippen molar-refractivity contribution < 1.29 is 0 Å². The molecule has 11 heavy (non-hydrogen) atoms. The normalized spacial score (nSPS) is 13.4. The minimum atomic E-state index is 0.907. The molecule has 0 aromatic heterocycles. The molecule has 0 saturated carbocycles. The van der Waals surface area contributed by atoms with Crippen LogP contribution in [0.25, 0.3) is 0 Å². The third-order valence-electron chi connectivity index (χ3n) is 2.25. The van der Waals surface area contributed by atoms with Crippen molar-refractivity contribution in [3.63, 3.8) is 0 Å². The summed E-state index contributed by atoms with van der Waals surface area (Å²) in [4.78, 5) is 0. The van der Waals surface area contributed by atoms with E-state index in [1.165, 1.54) is 38.5 Å². The van der Waals surface area contributed by atoms with Crippen LogP contribution in [0.5, 0.6) is 0 Å². The van der Waals surface area contributed by atoms with Gasteiger partial charge in [-0.1, -0.05) is 65.7 Å². The second kappa shape index (κ2) is 8.10. The van der Waals surface area contributed by atoms with Crippen LogP contribution in [-0.2, 0) is 0 Å². The highest BCUT2D eigenvalue weighted by Gasteiger charge is 1.98. The molecule has 0 amide bonds. The van der Waals surface area contributed by atoms with Gasteiger partial charge in [-0.3, -0.25) is 0 Å². The molecule has 0 aliphatic heterocycles. The molecule has 1 atom stereocenters. The molecule has 0 heterocycles. The third-order valence-corrected chi connectivity index (χ3v) is 2.25. The molecule has 0 rings (SSSR count). The maximum atomic E-state index is 3.87. The number of hydrogen-bond donors (Lipinski definition) is 0. The topological polar surface area (TPSA) is 0 Å². The summed E-state index contributed by atoms with van der Waals surface area (Å²) in [5.74, 6) is 0.907. The number of hydrogen-bond acceptors (Lipinski definition) is 0. The first-order valence-corrected chi connectivity index (χ1v) is 5.10. The highest BCUT2D eigenvalue weighted by molar-refractivity contribution is 4.54. The lowest BCUT2D eigenvalue weighted by atomic mass is 9.98. The van der Waals surface area contributed by atoms with E-state index in [-0.39, 0.29) is 0 Å². The molecule has 0 aliphatic rings. The summed E-state index contributed by atoms with van der Waals surface area (Å²) in [5.41, 5.74) is 0. The molecule has 0 fully saturated rings. The van der Waals surface area contributed by atoms with Crippen molar-refractivity contribution in [2.45, 2.75) is 58.8 Å². The Kier molecular flexibility index (Phi) is 8.10. The van der Waals surface area contributed by atoms with E-state index in [9.17, 15) is 0 Å². The van der Waals surface area contributed by atoms with E-state index < -0.39 is 0 Å². The second-order valence-electron chi connectivity index (χ2n) is 3.60. The molecule has 0 aromatic rings. The molecule has 1 radical (unpaired) electrons. The monoisotopic (exact) mass is 155 g/mol. The van der Waals surface area contributed by atoms with E-state index in [1.54, 1.807) is 0 Å². The highest BCUT2D eigenvalue weighted by Crippen LogP contribution is 2.14. The lowest BCUT2D eigenvalue weighted by Gasteiger charge is -2.08. The van der Waals surface area contributed by atoms with E-state index in [0.717, 1.165) is 12.3 Å². The van der Waals surface area contributed by atoms with Gasteiger partial charge in [0.1, 0.15) is 0 Å². The Morgan fingerprint density at radius 2 is 1.82 bits per heavy atom. The van der Waals surface area contributed by atoms with Crippen LogP contribution in [0.2, 0.25) is 0 Å². The Bertz CT molecular complexity index is 66.4. The number of unbranched alkanes of at least 4 members (excludes halogenated alkanes) is 3. The van der Waals surface area contributed by atoms with E-state index in [1.807, 2.05) is 0 Å². The average Bonchev–Trinajstić information content (AvgIpc) is 1.99. The average molecular weight is 155 g/mol. The van der Waals surface area contributed by atoms with Gasteiger partial charge in [0.25, 0.3) is 0 Å². The quantitative estimate of drug-likeness (QED) is 0.483. The van der Waals surface area contributed by atoms with Crippen LogP contribution in [0.1, 0.15) is 58.8 Å².